The molecule has 0 radical (unpaired) electrons. The molecule has 7 atom stereocenters. The van der Waals surface area contributed by atoms with Crippen LogP contribution >= 0.6 is 0 Å². The molecule has 0 bridgehead atoms. The normalized spacial score (nSPS) is 38.2. The van der Waals surface area contributed by atoms with Crippen molar-refractivity contribution < 1.29 is 14.4 Å². The molecule has 12 nitrogen and oxygen atoms in total. The van der Waals surface area contributed by atoms with Crippen LogP contribution in [-0.2, 0) is 14.4 Å². The van der Waals surface area contributed by atoms with Gasteiger partial charge in [-0.25, -0.2) is 10.4 Å². The lowest BCUT2D eigenvalue weighted by Crippen LogP contribution is -2.64. The molecule has 8 N–H and O–H groups in total. The molecule has 0 aromatic heterocycles. The molecule has 0 aromatic carbocycles. The van der Waals surface area contributed by atoms with Gasteiger partial charge in [0, 0.05) is 43.8 Å². The van der Waals surface area contributed by atoms with Crippen LogP contribution in [-0.4, -0.2) is 74.3 Å². The lowest BCUT2D eigenvalue weighted by molar-refractivity contribution is -0.134. The second-order valence-corrected chi connectivity index (χ2v) is 10.2. The van der Waals surface area contributed by atoms with Crippen LogP contribution in [0.3, 0.4) is 0 Å². The SMILES string of the molecule is O=C(CCC1NC(C2CNN3CCCNC23)NO1)NCCCNC1NNC(=O)C2CCCCC12. The van der Waals surface area contributed by atoms with Gasteiger partial charge >= 0.3 is 0 Å². The van der Waals surface area contributed by atoms with Crippen LogP contribution in [0.2, 0.25) is 0 Å². The zero-order valence-electron chi connectivity index (χ0n) is 19.9. The molecule has 1 saturated carbocycles. The summed E-state index contributed by atoms with van der Waals surface area (Å²) in [5, 5.41) is 15.9. The molecule has 5 fully saturated rings. The highest BCUT2D eigenvalue weighted by Crippen LogP contribution is 2.33. The van der Waals surface area contributed by atoms with Gasteiger partial charge < -0.3 is 16.0 Å². The molecule has 1 aliphatic carbocycles. The fraction of sp³-hybridized carbons (Fsp3) is 0.909. The van der Waals surface area contributed by atoms with E-state index in [1.54, 1.807) is 0 Å². The number of hydrazine groups is 2. The van der Waals surface area contributed by atoms with Crippen molar-refractivity contribution in [2.24, 2.45) is 17.8 Å². The zero-order chi connectivity index (χ0) is 23.3. The maximum absolute atomic E-state index is 12.3. The quantitative estimate of drug-likeness (QED) is 0.178. The minimum atomic E-state index is -0.161. The predicted molar refractivity (Wildman–Crippen MR) is 125 cm³/mol. The monoisotopic (exact) mass is 479 g/mol. The lowest BCUT2D eigenvalue weighted by Gasteiger charge is -2.41. The Balaban J connectivity index is 0.936. The number of nitrogens with zero attached hydrogens (tertiary/aromatic N) is 1. The van der Waals surface area contributed by atoms with Crippen LogP contribution in [0.5, 0.6) is 0 Å². The van der Waals surface area contributed by atoms with Crippen LogP contribution in [0.25, 0.3) is 0 Å². The fourth-order valence-electron chi connectivity index (χ4n) is 6.08. The van der Waals surface area contributed by atoms with Crippen LogP contribution in [0.4, 0.5) is 0 Å². The highest BCUT2D eigenvalue weighted by molar-refractivity contribution is 5.79. The number of hydrogen-bond donors (Lipinski definition) is 8. The van der Waals surface area contributed by atoms with E-state index in [-0.39, 0.29) is 36.3 Å². The molecular formula is C22H41N9O3. The molecule has 0 aromatic rings. The van der Waals surface area contributed by atoms with Crippen molar-refractivity contribution in [1.82, 2.24) is 48.0 Å². The summed E-state index contributed by atoms with van der Waals surface area (Å²) in [6, 6.07) is 0. The van der Waals surface area contributed by atoms with E-state index in [4.69, 9.17) is 4.84 Å². The van der Waals surface area contributed by atoms with Gasteiger partial charge in [-0.1, -0.05) is 12.8 Å². The molecular weight excluding hydrogens is 438 g/mol. The number of carbonyl (C=O) groups excluding carboxylic acids is 2. The molecule has 4 saturated heterocycles. The number of hydrogen-bond acceptors (Lipinski definition) is 10. The van der Waals surface area contributed by atoms with E-state index in [2.05, 4.69) is 48.0 Å². The Labute approximate surface area is 201 Å². The largest absolute Gasteiger partial charge is 0.356 e. The first kappa shape index (κ1) is 24.3. The van der Waals surface area contributed by atoms with Gasteiger partial charge in [0.05, 0.1) is 18.5 Å². The Morgan fingerprint density at radius 1 is 1.15 bits per heavy atom. The average molecular weight is 480 g/mol. The third-order valence-corrected chi connectivity index (χ3v) is 7.94. The van der Waals surface area contributed by atoms with Gasteiger partial charge in [0.15, 0.2) is 0 Å². The smallest absolute Gasteiger partial charge is 0.237 e. The van der Waals surface area contributed by atoms with E-state index in [0.717, 1.165) is 58.3 Å². The summed E-state index contributed by atoms with van der Waals surface area (Å²) < 4.78 is 0. The molecule has 2 amide bonds. The molecule has 5 rings (SSSR count). The first-order valence-corrected chi connectivity index (χ1v) is 13.2. The maximum Gasteiger partial charge on any atom is 0.237 e. The highest BCUT2D eigenvalue weighted by Gasteiger charge is 2.43. The lowest BCUT2D eigenvalue weighted by atomic mass is 9.76. The van der Waals surface area contributed by atoms with E-state index in [1.807, 2.05) is 0 Å². The first-order valence-electron chi connectivity index (χ1n) is 13.2. The van der Waals surface area contributed by atoms with E-state index < -0.39 is 0 Å². The van der Waals surface area contributed by atoms with Gasteiger partial charge in [0.25, 0.3) is 0 Å². The van der Waals surface area contributed by atoms with Crippen LogP contribution in [0.15, 0.2) is 0 Å². The molecule has 4 heterocycles. The van der Waals surface area contributed by atoms with Gasteiger partial charge in [-0.3, -0.25) is 30.6 Å². The number of amides is 2. The van der Waals surface area contributed by atoms with Crippen LogP contribution in [0.1, 0.15) is 51.4 Å². The summed E-state index contributed by atoms with van der Waals surface area (Å²) in [4.78, 5) is 30.0. The van der Waals surface area contributed by atoms with Gasteiger partial charge in [0.1, 0.15) is 6.23 Å². The average Bonchev–Trinajstić information content (AvgIpc) is 3.51. The minimum absolute atomic E-state index is 0.0481. The Kier molecular flexibility index (Phi) is 8.28. The van der Waals surface area contributed by atoms with E-state index in [1.165, 1.54) is 6.42 Å². The number of hydroxylamine groups is 1. The van der Waals surface area contributed by atoms with Crippen molar-refractivity contribution in [2.45, 2.75) is 76.1 Å². The Bertz CT molecular complexity index is 713. The van der Waals surface area contributed by atoms with Gasteiger partial charge in [-0.2, -0.15) is 5.48 Å². The van der Waals surface area contributed by atoms with E-state index in [0.29, 0.717) is 37.4 Å². The number of carbonyl (C=O) groups is 2. The van der Waals surface area contributed by atoms with Gasteiger partial charge in [-0.15, -0.1) is 0 Å². The Morgan fingerprint density at radius 3 is 3.00 bits per heavy atom. The van der Waals surface area contributed by atoms with Crippen molar-refractivity contribution in [3.8, 4) is 0 Å². The third kappa shape index (κ3) is 5.71. The summed E-state index contributed by atoms with van der Waals surface area (Å²) in [6.07, 6.45) is 7.76. The molecule has 0 spiro atoms. The van der Waals surface area contributed by atoms with E-state index >= 15 is 0 Å². The zero-order valence-corrected chi connectivity index (χ0v) is 19.9. The maximum atomic E-state index is 12.3. The topological polar surface area (TPSA) is 143 Å². The van der Waals surface area contributed by atoms with E-state index in [9.17, 15) is 9.59 Å². The van der Waals surface area contributed by atoms with Crippen LogP contribution < -0.4 is 43.0 Å². The first-order chi connectivity index (χ1) is 16.7. The minimum Gasteiger partial charge on any atom is -0.356 e. The molecule has 5 aliphatic rings. The predicted octanol–water partition coefficient (Wildman–Crippen LogP) is -1.84. The number of rotatable bonds is 9. The summed E-state index contributed by atoms with van der Waals surface area (Å²) in [6.45, 7) is 4.43. The number of nitrogens with one attached hydrogen (secondary N) is 8. The Morgan fingerprint density at radius 2 is 2.06 bits per heavy atom. The fourth-order valence-corrected chi connectivity index (χ4v) is 6.08. The third-order valence-electron chi connectivity index (χ3n) is 7.94. The highest BCUT2D eigenvalue weighted by atomic mass is 16.7. The van der Waals surface area contributed by atoms with Gasteiger partial charge in [-0.05, 0) is 45.2 Å². The molecule has 192 valence electrons. The molecule has 34 heavy (non-hydrogen) atoms. The van der Waals surface area contributed by atoms with Crippen LogP contribution in [0, 0.1) is 17.8 Å². The standard InChI is InChI=1S/C22H41N9O3/c32-17(23-9-3-10-24-19-14-5-1-2-6-15(14)22(33)29-28-19)7-8-18-27-20(30-34-18)16-13-26-31-12-4-11-25-21(16)31/h14-16,18-21,24-28,30H,1-13H2,(H,23,32)(H,29,33). The number of fused-ring (bicyclic) bond motifs is 2. The van der Waals surface area contributed by atoms with Gasteiger partial charge in [0.2, 0.25) is 11.8 Å². The van der Waals surface area contributed by atoms with Crippen molar-refractivity contribution in [1.29, 1.82) is 0 Å². The molecule has 12 heteroatoms. The second-order valence-electron chi connectivity index (χ2n) is 10.2. The van der Waals surface area contributed by atoms with Crippen molar-refractivity contribution >= 4 is 11.8 Å². The van der Waals surface area contributed by atoms with Crippen molar-refractivity contribution in [3.05, 3.63) is 0 Å². The summed E-state index contributed by atoms with van der Waals surface area (Å²) in [5.74, 6) is 1.01. The summed E-state index contributed by atoms with van der Waals surface area (Å²) in [7, 11) is 0. The Hall–Kier alpha value is -1.38. The summed E-state index contributed by atoms with van der Waals surface area (Å²) in [5.41, 5.74) is 12.5. The van der Waals surface area contributed by atoms with Crippen molar-refractivity contribution in [2.75, 3.05) is 32.7 Å². The summed E-state index contributed by atoms with van der Waals surface area (Å²) >= 11 is 0. The second kappa shape index (κ2) is 11.6. The molecule has 4 aliphatic heterocycles. The molecule has 7 unspecified atom stereocenters. The van der Waals surface area contributed by atoms with Crippen molar-refractivity contribution in [3.63, 3.8) is 0 Å².